The first-order valence-corrected chi connectivity index (χ1v) is 4.91. The lowest BCUT2D eigenvalue weighted by atomic mass is 10.1. The van der Waals surface area contributed by atoms with Crippen LogP contribution in [-0.4, -0.2) is 43.3 Å². The van der Waals surface area contributed by atoms with E-state index in [2.05, 4.69) is 0 Å². The summed E-state index contributed by atoms with van der Waals surface area (Å²) in [6.07, 6.45) is -5.63. The van der Waals surface area contributed by atoms with E-state index in [1.165, 1.54) is 0 Å². The van der Waals surface area contributed by atoms with Crippen molar-refractivity contribution < 1.29 is 27.8 Å². The Balaban J connectivity index is 1.90. The van der Waals surface area contributed by atoms with Crippen molar-refractivity contribution in [1.29, 1.82) is 0 Å². The van der Waals surface area contributed by atoms with Gasteiger partial charge in [0.2, 0.25) is 0 Å². The Morgan fingerprint density at radius 1 is 1.47 bits per heavy atom. The van der Waals surface area contributed by atoms with Crippen LogP contribution < -0.4 is 0 Å². The Kier molecular flexibility index (Phi) is 4.82. The van der Waals surface area contributed by atoms with E-state index in [0.29, 0.717) is 13.2 Å². The first kappa shape index (κ1) is 12.7. The van der Waals surface area contributed by atoms with Crippen LogP contribution in [0.15, 0.2) is 0 Å². The molecule has 1 fully saturated rings. The molecule has 2 atom stereocenters. The number of rotatable bonds is 7. The normalized spacial score (nSPS) is 22.8. The second kappa shape index (κ2) is 5.67. The number of hydrogen-bond acceptors (Lipinski definition) is 3. The second-order valence-corrected chi connectivity index (χ2v) is 3.65. The molecule has 1 heterocycles. The highest BCUT2D eigenvalue weighted by atomic mass is 19.4. The summed E-state index contributed by atoms with van der Waals surface area (Å²) in [6, 6.07) is 0. The molecule has 0 amide bonds. The first-order valence-electron chi connectivity index (χ1n) is 4.91. The number of alkyl halides is 3. The van der Waals surface area contributed by atoms with Crippen LogP contribution in [0.1, 0.15) is 19.3 Å². The average Bonchev–Trinajstić information content (AvgIpc) is 2.85. The Labute approximate surface area is 86.2 Å². The molecule has 6 heteroatoms. The summed E-state index contributed by atoms with van der Waals surface area (Å²) in [5.74, 6) is 0. The summed E-state index contributed by atoms with van der Waals surface area (Å²) in [4.78, 5) is 0. The lowest BCUT2D eigenvalue weighted by molar-refractivity contribution is -0.136. The molecule has 1 rings (SSSR count). The van der Waals surface area contributed by atoms with Gasteiger partial charge in [0.05, 0.1) is 25.9 Å². The van der Waals surface area contributed by atoms with Crippen molar-refractivity contribution in [3.8, 4) is 0 Å². The SMILES string of the molecule is OC(CCCC(F)(F)F)COCC1CO1. The predicted molar refractivity (Wildman–Crippen MR) is 46.5 cm³/mol. The second-order valence-electron chi connectivity index (χ2n) is 3.65. The van der Waals surface area contributed by atoms with Crippen molar-refractivity contribution in [2.45, 2.75) is 37.6 Å². The van der Waals surface area contributed by atoms with Gasteiger partial charge in [0.1, 0.15) is 6.10 Å². The van der Waals surface area contributed by atoms with E-state index in [0.717, 1.165) is 0 Å². The summed E-state index contributed by atoms with van der Waals surface area (Å²) < 4.78 is 45.1. The van der Waals surface area contributed by atoms with Crippen LogP contribution in [-0.2, 0) is 9.47 Å². The van der Waals surface area contributed by atoms with Crippen LogP contribution in [0.3, 0.4) is 0 Å². The van der Waals surface area contributed by atoms with Crippen LogP contribution in [0.2, 0.25) is 0 Å². The average molecular weight is 228 g/mol. The van der Waals surface area contributed by atoms with Gasteiger partial charge in [-0.15, -0.1) is 0 Å². The predicted octanol–water partition coefficient (Wildman–Crippen LogP) is 1.50. The zero-order chi connectivity index (χ0) is 11.3. The monoisotopic (exact) mass is 228 g/mol. The minimum absolute atomic E-state index is 0.0616. The fraction of sp³-hybridized carbons (Fsp3) is 1.00. The number of halogens is 3. The molecule has 15 heavy (non-hydrogen) atoms. The number of epoxide rings is 1. The van der Waals surface area contributed by atoms with Crippen molar-refractivity contribution in [3.05, 3.63) is 0 Å². The molecule has 0 bridgehead atoms. The standard InChI is InChI=1S/C9H15F3O3/c10-9(11,12)3-1-2-7(13)4-14-5-8-6-15-8/h7-8,13H,1-6H2. The lowest BCUT2D eigenvalue weighted by Crippen LogP contribution is -2.18. The highest BCUT2D eigenvalue weighted by Gasteiger charge is 2.26. The highest BCUT2D eigenvalue weighted by molar-refractivity contribution is 4.67. The van der Waals surface area contributed by atoms with E-state index in [4.69, 9.17) is 9.47 Å². The van der Waals surface area contributed by atoms with Gasteiger partial charge in [0, 0.05) is 6.42 Å². The van der Waals surface area contributed by atoms with Gasteiger partial charge in [-0.2, -0.15) is 13.2 Å². The molecule has 0 aromatic carbocycles. The maximum atomic E-state index is 11.7. The largest absolute Gasteiger partial charge is 0.391 e. The van der Waals surface area contributed by atoms with Crippen LogP contribution in [0.5, 0.6) is 0 Å². The van der Waals surface area contributed by atoms with Crippen molar-refractivity contribution in [2.24, 2.45) is 0 Å². The summed E-state index contributed by atoms with van der Waals surface area (Å²) in [5, 5.41) is 9.25. The minimum atomic E-state index is -4.14. The molecule has 0 aromatic rings. The number of ether oxygens (including phenoxy) is 2. The number of aliphatic hydroxyl groups is 1. The van der Waals surface area contributed by atoms with Gasteiger partial charge in [-0.25, -0.2) is 0 Å². The fourth-order valence-electron chi connectivity index (χ4n) is 1.12. The molecule has 0 aliphatic carbocycles. The third-order valence-electron chi connectivity index (χ3n) is 2.01. The van der Waals surface area contributed by atoms with Crippen LogP contribution >= 0.6 is 0 Å². The summed E-state index contributed by atoms with van der Waals surface area (Å²) in [6.45, 7) is 1.16. The lowest BCUT2D eigenvalue weighted by Gasteiger charge is -2.11. The third-order valence-corrected chi connectivity index (χ3v) is 2.01. The minimum Gasteiger partial charge on any atom is -0.391 e. The van der Waals surface area contributed by atoms with Gasteiger partial charge < -0.3 is 14.6 Å². The van der Waals surface area contributed by atoms with Crippen molar-refractivity contribution in [3.63, 3.8) is 0 Å². The first-order chi connectivity index (χ1) is 6.97. The molecule has 2 unspecified atom stereocenters. The van der Waals surface area contributed by atoms with Crippen LogP contribution in [0.25, 0.3) is 0 Å². The van der Waals surface area contributed by atoms with Gasteiger partial charge in [0.15, 0.2) is 0 Å². The molecule has 0 spiro atoms. The van der Waals surface area contributed by atoms with E-state index >= 15 is 0 Å². The Morgan fingerprint density at radius 2 is 2.13 bits per heavy atom. The summed E-state index contributed by atoms with van der Waals surface area (Å²) in [5.41, 5.74) is 0. The van der Waals surface area contributed by atoms with E-state index in [1.807, 2.05) is 0 Å². The highest BCUT2D eigenvalue weighted by Crippen LogP contribution is 2.22. The smallest absolute Gasteiger partial charge is 0.389 e. The Morgan fingerprint density at radius 3 is 2.67 bits per heavy atom. The molecule has 0 saturated carbocycles. The molecule has 1 aliphatic heterocycles. The fourth-order valence-corrected chi connectivity index (χ4v) is 1.12. The molecule has 0 aromatic heterocycles. The number of hydrogen-bond donors (Lipinski definition) is 1. The maximum absolute atomic E-state index is 11.7. The Bertz CT molecular complexity index is 180. The zero-order valence-corrected chi connectivity index (χ0v) is 8.29. The van der Waals surface area contributed by atoms with E-state index < -0.39 is 18.7 Å². The molecule has 1 saturated heterocycles. The van der Waals surface area contributed by atoms with Gasteiger partial charge in [-0.05, 0) is 12.8 Å². The van der Waals surface area contributed by atoms with Gasteiger partial charge >= 0.3 is 6.18 Å². The molecule has 90 valence electrons. The van der Waals surface area contributed by atoms with Crippen molar-refractivity contribution in [2.75, 3.05) is 19.8 Å². The molecular weight excluding hydrogens is 213 g/mol. The summed E-state index contributed by atoms with van der Waals surface area (Å²) >= 11 is 0. The molecule has 1 aliphatic rings. The molecule has 1 N–H and O–H groups in total. The van der Waals surface area contributed by atoms with E-state index in [-0.39, 0.29) is 25.6 Å². The van der Waals surface area contributed by atoms with Gasteiger partial charge in [-0.3, -0.25) is 0 Å². The third kappa shape index (κ3) is 7.58. The maximum Gasteiger partial charge on any atom is 0.389 e. The van der Waals surface area contributed by atoms with Crippen molar-refractivity contribution in [1.82, 2.24) is 0 Å². The quantitative estimate of drug-likeness (QED) is 0.671. The molecular formula is C9H15F3O3. The molecule has 0 radical (unpaired) electrons. The molecule has 3 nitrogen and oxygen atoms in total. The van der Waals surface area contributed by atoms with Gasteiger partial charge in [-0.1, -0.05) is 0 Å². The van der Waals surface area contributed by atoms with Crippen LogP contribution in [0, 0.1) is 0 Å². The van der Waals surface area contributed by atoms with Crippen LogP contribution in [0.4, 0.5) is 13.2 Å². The van der Waals surface area contributed by atoms with E-state index in [9.17, 15) is 18.3 Å². The zero-order valence-electron chi connectivity index (χ0n) is 8.29. The van der Waals surface area contributed by atoms with E-state index in [1.54, 1.807) is 0 Å². The number of aliphatic hydroxyl groups excluding tert-OH is 1. The topological polar surface area (TPSA) is 42.0 Å². The summed E-state index contributed by atoms with van der Waals surface area (Å²) in [7, 11) is 0. The van der Waals surface area contributed by atoms with Crippen molar-refractivity contribution >= 4 is 0 Å². The Hall–Kier alpha value is -0.330. The van der Waals surface area contributed by atoms with Gasteiger partial charge in [0.25, 0.3) is 0 Å².